The third-order valence-corrected chi connectivity index (χ3v) is 3.74. The van der Waals surface area contributed by atoms with Gasteiger partial charge in [-0.25, -0.2) is 4.39 Å². The monoisotopic (exact) mass is 323 g/mol. The molecule has 3 nitrogen and oxygen atoms in total. The maximum Gasteiger partial charge on any atom is 0.224 e. The molecule has 0 bridgehead atoms. The first-order valence-corrected chi connectivity index (χ1v) is 7.84. The molecule has 0 radical (unpaired) electrons. The van der Waals surface area contributed by atoms with Crippen LogP contribution in [0, 0.1) is 5.82 Å². The molecule has 122 valence electrons. The average Bonchev–Trinajstić information content (AvgIpc) is 2.61. The molecule has 4 heteroatoms. The Balaban J connectivity index is 1.49. The SMILES string of the molecule is O=C(Cc1cccc2ccccc12)NCCOc1ccc(F)cc1. The zero-order chi connectivity index (χ0) is 16.8. The first-order chi connectivity index (χ1) is 11.7. The Morgan fingerprint density at radius 2 is 1.71 bits per heavy atom. The first kappa shape index (κ1) is 16.0. The van der Waals surface area contributed by atoms with Crippen molar-refractivity contribution in [3.8, 4) is 5.75 Å². The molecule has 0 spiro atoms. The zero-order valence-corrected chi connectivity index (χ0v) is 13.2. The quantitative estimate of drug-likeness (QED) is 0.702. The van der Waals surface area contributed by atoms with Crippen LogP contribution >= 0.6 is 0 Å². The van der Waals surface area contributed by atoms with Crippen LogP contribution in [0.5, 0.6) is 5.75 Å². The van der Waals surface area contributed by atoms with Gasteiger partial charge in [-0.2, -0.15) is 0 Å². The lowest BCUT2D eigenvalue weighted by Gasteiger charge is -2.09. The van der Waals surface area contributed by atoms with Gasteiger partial charge in [-0.05, 0) is 40.6 Å². The Hall–Kier alpha value is -2.88. The molecule has 1 amide bonds. The van der Waals surface area contributed by atoms with Gasteiger partial charge < -0.3 is 10.1 Å². The Kier molecular flexibility index (Phi) is 5.06. The number of hydrogen-bond donors (Lipinski definition) is 1. The normalized spacial score (nSPS) is 10.5. The van der Waals surface area contributed by atoms with Gasteiger partial charge in [0.05, 0.1) is 13.0 Å². The Labute approximate surface area is 140 Å². The molecular formula is C20H18FNO2. The van der Waals surface area contributed by atoms with Crippen LogP contribution in [0.4, 0.5) is 4.39 Å². The van der Waals surface area contributed by atoms with Crippen LogP contribution < -0.4 is 10.1 Å². The van der Waals surface area contributed by atoms with Crippen molar-refractivity contribution in [3.63, 3.8) is 0 Å². The summed E-state index contributed by atoms with van der Waals surface area (Å²) in [6.07, 6.45) is 0.331. The topological polar surface area (TPSA) is 38.3 Å². The molecular weight excluding hydrogens is 305 g/mol. The van der Waals surface area contributed by atoms with Gasteiger partial charge in [0.2, 0.25) is 5.91 Å². The van der Waals surface area contributed by atoms with E-state index in [0.29, 0.717) is 25.3 Å². The molecule has 0 aliphatic carbocycles. The number of benzene rings is 3. The number of amides is 1. The summed E-state index contributed by atoms with van der Waals surface area (Å²) in [6.45, 7) is 0.744. The molecule has 24 heavy (non-hydrogen) atoms. The second kappa shape index (κ2) is 7.59. The summed E-state index contributed by atoms with van der Waals surface area (Å²) in [5.41, 5.74) is 1.00. The number of nitrogens with one attached hydrogen (secondary N) is 1. The summed E-state index contributed by atoms with van der Waals surface area (Å²) < 4.78 is 18.2. The fraction of sp³-hybridized carbons (Fsp3) is 0.150. The van der Waals surface area contributed by atoms with Gasteiger partial charge in [-0.1, -0.05) is 42.5 Å². The molecule has 3 rings (SSSR count). The van der Waals surface area contributed by atoms with Crippen LogP contribution in [0.1, 0.15) is 5.56 Å². The van der Waals surface area contributed by atoms with Crippen molar-refractivity contribution in [2.45, 2.75) is 6.42 Å². The highest BCUT2D eigenvalue weighted by Gasteiger charge is 2.06. The van der Waals surface area contributed by atoms with Crippen LogP contribution in [-0.2, 0) is 11.2 Å². The molecule has 0 fully saturated rings. The molecule has 0 unspecified atom stereocenters. The minimum absolute atomic E-state index is 0.0472. The summed E-state index contributed by atoms with van der Waals surface area (Å²) in [5, 5.41) is 5.06. The van der Waals surface area contributed by atoms with E-state index >= 15 is 0 Å². The van der Waals surface area contributed by atoms with E-state index in [1.165, 1.54) is 12.1 Å². The molecule has 0 atom stereocenters. The third kappa shape index (κ3) is 4.10. The van der Waals surface area contributed by atoms with Gasteiger partial charge in [0.15, 0.2) is 0 Å². The smallest absolute Gasteiger partial charge is 0.224 e. The summed E-state index contributed by atoms with van der Waals surface area (Å²) in [5.74, 6) is 0.236. The fourth-order valence-electron chi connectivity index (χ4n) is 2.57. The average molecular weight is 323 g/mol. The Bertz CT molecular complexity index is 825. The van der Waals surface area contributed by atoms with Crippen LogP contribution in [0.2, 0.25) is 0 Å². The molecule has 1 N–H and O–H groups in total. The largest absolute Gasteiger partial charge is 0.492 e. The van der Waals surface area contributed by atoms with Crippen LogP contribution in [-0.4, -0.2) is 19.1 Å². The van der Waals surface area contributed by atoms with Gasteiger partial charge in [-0.3, -0.25) is 4.79 Å². The number of hydrogen-bond acceptors (Lipinski definition) is 2. The maximum absolute atomic E-state index is 12.8. The lowest BCUT2D eigenvalue weighted by atomic mass is 10.0. The highest BCUT2D eigenvalue weighted by Crippen LogP contribution is 2.18. The summed E-state index contributed by atoms with van der Waals surface area (Å²) in [6, 6.07) is 19.8. The van der Waals surface area contributed by atoms with Crippen LogP contribution in [0.25, 0.3) is 10.8 Å². The van der Waals surface area contributed by atoms with E-state index < -0.39 is 0 Å². The number of ether oxygens (including phenoxy) is 1. The Morgan fingerprint density at radius 3 is 2.54 bits per heavy atom. The molecule has 0 heterocycles. The number of halogens is 1. The number of carbonyl (C=O) groups excluding carboxylic acids is 1. The van der Waals surface area contributed by atoms with E-state index in [-0.39, 0.29) is 11.7 Å². The number of carbonyl (C=O) groups is 1. The molecule has 0 aliphatic heterocycles. The molecule has 3 aromatic carbocycles. The predicted molar refractivity (Wildman–Crippen MR) is 92.6 cm³/mol. The summed E-state index contributed by atoms with van der Waals surface area (Å²) in [4.78, 5) is 12.1. The fourth-order valence-corrected chi connectivity index (χ4v) is 2.57. The van der Waals surface area contributed by atoms with Crippen molar-refractivity contribution < 1.29 is 13.9 Å². The predicted octanol–water partition coefficient (Wildman–Crippen LogP) is 3.72. The maximum atomic E-state index is 12.8. The number of rotatable bonds is 6. The molecule has 0 aromatic heterocycles. The summed E-state index contributed by atoms with van der Waals surface area (Å²) >= 11 is 0. The van der Waals surface area contributed by atoms with Crippen LogP contribution in [0.15, 0.2) is 66.7 Å². The van der Waals surface area contributed by atoms with E-state index in [2.05, 4.69) is 5.32 Å². The van der Waals surface area contributed by atoms with Gasteiger partial charge in [0, 0.05) is 0 Å². The molecule has 0 saturated heterocycles. The second-order valence-corrected chi connectivity index (χ2v) is 5.47. The lowest BCUT2D eigenvalue weighted by Crippen LogP contribution is -2.29. The highest BCUT2D eigenvalue weighted by molar-refractivity contribution is 5.90. The van der Waals surface area contributed by atoms with Crippen molar-refractivity contribution >= 4 is 16.7 Å². The minimum atomic E-state index is -0.300. The van der Waals surface area contributed by atoms with E-state index in [1.807, 2.05) is 42.5 Å². The highest BCUT2D eigenvalue weighted by atomic mass is 19.1. The first-order valence-electron chi connectivity index (χ1n) is 7.84. The van der Waals surface area contributed by atoms with Gasteiger partial charge in [0.25, 0.3) is 0 Å². The molecule has 3 aromatic rings. The molecule has 0 aliphatic rings. The lowest BCUT2D eigenvalue weighted by molar-refractivity contribution is -0.120. The van der Waals surface area contributed by atoms with E-state index in [4.69, 9.17) is 4.74 Å². The van der Waals surface area contributed by atoms with Gasteiger partial charge in [0.1, 0.15) is 18.2 Å². The standard InChI is InChI=1S/C20H18FNO2/c21-17-8-10-18(11-9-17)24-13-12-22-20(23)14-16-6-3-5-15-4-1-2-7-19(15)16/h1-11H,12-14H2,(H,22,23). The van der Waals surface area contributed by atoms with Gasteiger partial charge >= 0.3 is 0 Å². The number of fused-ring (bicyclic) bond motifs is 1. The summed E-state index contributed by atoms with van der Waals surface area (Å²) in [7, 11) is 0. The van der Waals surface area contributed by atoms with Crippen molar-refractivity contribution in [1.29, 1.82) is 0 Å². The van der Waals surface area contributed by atoms with Crippen LogP contribution in [0.3, 0.4) is 0 Å². The zero-order valence-electron chi connectivity index (χ0n) is 13.2. The van der Waals surface area contributed by atoms with E-state index in [9.17, 15) is 9.18 Å². The van der Waals surface area contributed by atoms with Crippen molar-refractivity contribution in [1.82, 2.24) is 5.32 Å². The van der Waals surface area contributed by atoms with Gasteiger partial charge in [-0.15, -0.1) is 0 Å². The van der Waals surface area contributed by atoms with Crippen molar-refractivity contribution in [2.24, 2.45) is 0 Å². The third-order valence-electron chi connectivity index (χ3n) is 3.74. The molecule has 0 saturated carbocycles. The van der Waals surface area contributed by atoms with Crippen molar-refractivity contribution in [2.75, 3.05) is 13.2 Å². The van der Waals surface area contributed by atoms with E-state index in [1.54, 1.807) is 12.1 Å². The van der Waals surface area contributed by atoms with E-state index in [0.717, 1.165) is 16.3 Å². The van der Waals surface area contributed by atoms with Crippen molar-refractivity contribution in [3.05, 3.63) is 78.1 Å². The Morgan fingerprint density at radius 1 is 0.958 bits per heavy atom. The second-order valence-electron chi connectivity index (χ2n) is 5.47. The minimum Gasteiger partial charge on any atom is -0.492 e.